The van der Waals surface area contributed by atoms with Crippen LogP contribution in [0.15, 0.2) is 24.3 Å². The quantitative estimate of drug-likeness (QED) is 0.779. The van der Waals surface area contributed by atoms with Gasteiger partial charge in [0.1, 0.15) is 5.75 Å². The van der Waals surface area contributed by atoms with Crippen molar-refractivity contribution in [3.63, 3.8) is 0 Å². The predicted octanol–water partition coefficient (Wildman–Crippen LogP) is 1.32. The van der Waals surface area contributed by atoms with Gasteiger partial charge in [0, 0.05) is 30.7 Å². The maximum atomic E-state index is 5.34. The molecule has 0 bridgehead atoms. The monoisotopic (exact) mass is 206 g/mol. The summed E-state index contributed by atoms with van der Waals surface area (Å²) >= 11 is 0. The van der Waals surface area contributed by atoms with Crippen molar-refractivity contribution < 1.29 is 4.74 Å². The number of para-hydroxylation sites is 1. The molecule has 1 atom stereocenters. The van der Waals surface area contributed by atoms with Crippen LogP contribution in [-0.2, 0) is 0 Å². The summed E-state index contributed by atoms with van der Waals surface area (Å²) < 4.78 is 5.34. The summed E-state index contributed by atoms with van der Waals surface area (Å²) in [6.45, 7) is 4.31. The molecular weight excluding hydrogens is 188 g/mol. The van der Waals surface area contributed by atoms with Crippen LogP contribution in [-0.4, -0.2) is 26.2 Å². The Bertz CT molecular complexity index is 323. The van der Waals surface area contributed by atoms with Gasteiger partial charge in [-0.15, -0.1) is 0 Å². The molecule has 0 aliphatic carbocycles. The van der Waals surface area contributed by atoms with Crippen molar-refractivity contribution in [2.45, 2.75) is 19.0 Å². The minimum Gasteiger partial charge on any atom is -0.496 e. The van der Waals surface area contributed by atoms with E-state index in [1.807, 2.05) is 12.1 Å². The maximum Gasteiger partial charge on any atom is 0.123 e. The molecule has 1 fully saturated rings. The molecule has 0 amide bonds. The number of rotatable bonds is 4. The highest BCUT2D eigenvalue weighted by molar-refractivity contribution is 5.35. The SMILES string of the molecule is COc1ccccc1[C@H](C)NC1CNC1. The summed E-state index contributed by atoms with van der Waals surface area (Å²) in [7, 11) is 1.72. The van der Waals surface area contributed by atoms with Gasteiger partial charge >= 0.3 is 0 Å². The molecule has 0 radical (unpaired) electrons. The first-order chi connectivity index (χ1) is 7.31. The number of hydrogen-bond acceptors (Lipinski definition) is 3. The number of ether oxygens (including phenoxy) is 1. The normalized spacial score (nSPS) is 18.3. The van der Waals surface area contributed by atoms with Crippen LogP contribution in [0.4, 0.5) is 0 Å². The van der Waals surface area contributed by atoms with Crippen molar-refractivity contribution >= 4 is 0 Å². The van der Waals surface area contributed by atoms with Crippen LogP contribution in [0, 0.1) is 0 Å². The highest BCUT2D eigenvalue weighted by Crippen LogP contribution is 2.24. The Morgan fingerprint density at radius 2 is 2.13 bits per heavy atom. The van der Waals surface area contributed by atoms with E-state index in [4.69, 9.17) is 4.74 Å². The van der Waals surface area contributed by atoms with Crippen molar-refractivity contribution in [1.29, 1.82) is 0 Å². The predicted molar refractivity (Wildman–Crippen MR) is 61.2 cm³/mol. The molecule has 1 aromatic carbocycles. The van der Waals surface area contributed by atoms with Gasteiger partial charge in [0.25, 0.3) is 0 Å². The standard InChI is InChI=1S/C12H18N2O/c1-9(14-10-7-13-8-10)11-5-3-4-6-12(11)15-2/h3-6,9-10,13-14H,7-8H2,1-2H3/t9-/m0/s1. The molecule has 0 saturated carbocycles. The highest BCUT2D eigenvalue weighted by Gasteiger charge is 2.20. The lowest BCUT2D eigenvalue weighted by Crippen LogP contribution is -2.55. The summed E-state index contributed by atoms with van der Waals surface area (Å²) in [5.41, 5.74) is 1.23. The number of hydrogen-bond donors (Lipinski definition) is 2. The van der Waals surface area contributed by atoms with E-state index in [1.54, 1.807) is 7.11 Å². The first kappa shape index (κ1) is 10.5. The molecule has 0 unspecified atom stereocenters. The molecule has 1 aromatic rings. The van der Waals surface area contributed by atoms with E-state index in [0.717, 1.165) is 18.8 Å². The molecule has 3 nitrogen and oxygen atoms in total. The topological polar surface area (TPSA) is 33.3 Å². The Labute approximate surface area is 90.8 Å². The smallest absolute Gasteiger partial charge is 0.123 e. The van der Waals surface area contributed by atoms with Crippen molar-refractivity contribution in [2.24, 2.45) is 0 Å². The lowest BCUT2D eigenvalue weighted by Gasteiger charge is -2.31. The molecule has 2 N–H and O–H groups in total. The molecule has 1 aliphatic heterocycles. The van der Waals surface area contributed by atoms with Gasteiger partial charge in [0.15, 0.2) is 0 Å². The van der Waals surface area contributed by atoms with Gasteiger partial charge in [0.05, 0.1) is 7.11 Å². The number of benzene rings is 1. The minimum atomic E-state index is 0.341. The van der Waals surface area contributed by atoms with Crippen LogP contribution in [0.2, 0.25) is 0 Å². The van der Waals surface area contributed by atoms with Crippen LogP contribution in [0.1, 0.15) is 18.5 Å². The van der Waals surface area contributed by atoms with Gasteiger partial charge in [0.2, 0.25) is 0 Å². The summed E-state index contributed by atoms with van der Waals surface area (Å²) in [6.07, 6.45) is 0. The van der Waals surface area contributed by atoms with Crippen LogP contribution in [0.5, 0.6) is 5.75 Å². The van der Waals surface area contributed by atoms with Crippen molar-refractivity contribution in [1.82, 2.24) is 10.6 Å². The zero-order valence-corrected chi connectivity index (χ0v) is 9.29. The number of methoxy groups -OCH3 is 1. The van der Waals surface area contributed by atoms with E-state index in [1.165, 1.54) is 5.56 Å². The van der Waals surface area contributed by atoms with Gasteiger partial charge in [-0.1, -0.05) is 18.2 Å². The van der Waals surface area contributed by atoms with Crippen LogP contribution in [0.25, 0.3) is 0 Å². The maximum absolute atomic E-state index is 5.34. The van der Waals surface area contributed by atoms with Gasteiger partial charge < -0.3 is 15.4 Å². The van der Waals surface area contributed by atoms with Gasteiger partial charge in [-0.05, 0) is 13.0 Å². The fraction of sp³-hybridized carbons (Fsp3) is 0.500. The van der Waals surface area contributed by atoms with E-state index in [9.17, 15) is 0 Å². The Morgan fingerprint density at radius 3 is 2.73 bits per heavy atom. The zero-order chi connectivity index (χ0) is 10.7. The Morgan fingerprint density at radius 1 is 1.40 bits per heavy atom. The molecule has 1 saturated heterocycles. The molecule has 1 aliphatic rings. The summed E-state index contributed by atoms with van der Waals surface area (Å²) in [6, 6.07) is 9.11. The Kier molecular flexibility index (Phi) is 3.23. The zero-order valence-electron chi connectivity index (χ0n) is 9.29. The van der Waals surface area contributed by atoms with Crippen LogP contribution in [0.3, 0.4) is 0 Å². The van der Waals surface area contributed by atoms with E-state index in [-0.39, 0.29) is 0 Å². The Balaban J connectivity index is 2.05. The molecular formula is C12H18N2O. The highest BCUT2D eigenvalue weighted by atomic mass is 16.5. The minimum absolute atomic E-state index is 0.341. The second-order valence-corrected chi connectivity index (χ2v) is 3.99. The lowest BCUT2D eigenvalue weighted by atomic mass is 10.0. The molecule has 0 spiro atoms. The average molecular weight is 206 g/mol. The summed E-state index contributed by atoms with van der Waals surface area (Å²) in [4.78, 5) is 0. The van der Waals surface area contributed by atoms with Crippen molar-refractivity contribution in [2.75, 3.05) is 20.2 Å². The third-order valence-electron chi connectivity index (χ3n) is 2.87. The third kappa shape index (κ3) is 2.30. The van der Waals surface area contributed by atoms with Crippen LogP contribution < -0.4 is 15.4 Å². The molecule has 0 aromatic heterocycles. The fourth-order valence-corrected chi connectivity index (χ4v) is 1.87. The fourth-order valence-electron chi connectivity index (χ4n) is 1.87. The third-order valence-corrected chi connectivity index (χ3v) is 2.87. The molecule has 3 heteroatoms. The molecule has 82 valence electrons. The first-order valence-electron chi connectivity index (χ1n) is 5.41. The summed E-state index contributed by atoms with van der Waals surface area (Å²) in [5, 5.41) is 6.82. The average Bonchev–Trinajstić information content (AvgIpc) is 2.23. The lowest BCUT2D eigenvalue weighted by molar-refractivity contribution is 0.331. The summed E-state index contributed by atoms with van der Waals surface area (Å²) in [5.74, 6) is 0.963. The van der Waals surface area contributed by atoms with Gasteiger partial charge in [-0.2, -0.15) is 0 Å². The molecule has 15 heavy (non-hydrogen) atoms. The van der Waals surface area contributed by atoms with E-state index >= 15 is 0 Å². The van der Waals surface area contributed by atoms with E-state index in [0.29, 0.717) is 12.1 Å². The second kappa shape index (κ2) is 4.64. The number of nitrogens with one attached hydrogen (secondary N) is 2. The van der Waals surface area contributed by atoms with Gasteiger partial charge in [-0.25, -0.2) is 0 Å². The van der Waals surface area contributed by atoms with E-state index < -0.39 is 0 Å². The largest absolute Gasteiger partial charge is 0.496 e. The van der Waals surface area contributed by atoms with Crippen molar-refractivity contribution in [3.8, 4) is 5.75 Å². The first-order valence-corrected chi connectivity index (χ1v) is 5.41. The van der Waals surface area contributed by atoms with Crippen molar-refractivity contribution in [3.05, 3.63) is 29.8 Å². The molecule has 1 heterocycles. The molecule has 2 rings (SSSR count). The van der Waals surface area contributed by atoms with Gasteiger partial charge in [-0.3, -0.25) is 0 Å². The van der Waals surface area contributed by atoms with E-state index in [2.05, 4.69) is 29.7 Å². The Hall–Kier alpha value is -1.06. The van der Waals surface area contributed by atoms with Crippen LogP contribution >= 0.6 is 0 Å². The second-order valence-electron chi connectivity index (χ2n) is 3.99.